The lowest BCUT2D eigenvalue weighted by molar-refractivity contribution is -0.119. The number of primary amides is 1. The lowest BCUT2D eigenvalue weighted by atomic mass is 10.0. The molecule has 4 heteroatoms. The van der Waals surface area contributed by atoms with Crippen LogP contribution in [0.4, 0.5) is 0 Å². The Kier molecular flexibility index (Phi) is 2.04. The number of amides is 1. The summed E-state index contributed by atoms with van der Waals surface area (Å²) in [5.74, 6) is 3.30. The number of nitrogens with one attached hydrogen (secondary N) is 1. The van der Waals surface area contributed by atoms with Crippen LogP contribution in [0.1, 0.15) is 19.3 Å². The van der Waals surface area contributed by atoms with E-state index in [1.807, 2.05) is 0 Å². The molecule has 3 aliphatic rings. The topological polar surface area (TPSA) is 81.1 Å². The fraction of sp³-hybridized carbons (Fsp3) is 0.909. The molecular weight excluding hydrogens is 190 g/mol. The SMILES string of the molecule is NC(=O)C(N)CNC1C2C3CCC(C3)C12. The quantitative estimate of drug-likeness (QED) is 0.580. The zero-order valence-corrected chi connectivity index (χ0v) is 8.86. The van der Waals surface area contributed by atoms with Gasteiger partial charge in [0.1, 0.15) is 0 Å². The van der Waals surface area contributed by atoms with Crippen molar-refractivity contribution in [2.45, 2.75) is 31.3 Å². The predicted octanol–water partition coefficient (Wildman–Crippen LogP) is -0.567. The lowest BCUT2D eigenvalue weighted by Crippen LogP contribution is -2.45. The summed E-state index contributed by atoms with van der Waals surface area (Å²) in [6.45, 7) is 0.548. The maximum atomic E-state index is 10.8. The van der Waals surface area contributed by atoms with Crippen LogP contribution in [0.15, 0.2) is 0 Å². The third-order valence-electron chi connectivity index (χ3n) is 4.67. The Morgan fingerprint density at radius 2 is 1.93 bits per heavy atom. The van der Waals surface area contributed by atoms with Gasteiger partial charge < -0.3 is 16.8 Å². The van der Waals surface area contributed by atoms with Gasteiger partial charge in [0.05, 0.1) is 6.04 Å². The molecule has 0 heterocycles. The van der Waals surface area contributed by atoms with E-state index >= 15 is 0 Å². The van der Waals surface area contributed by atoms with Gasteiger partial charge in [-0.25, -0.2) is 0 Å². The summed E-state index contributed by atoms with van der Waals surface area (Å²) in [4.78, 5) is 10.8. The van der Waals surface area contributed by atoms with E-state index in [0.29, 0.717) is 12.6 Å². The number of hydrogen-bond donors (Lipinski definition) is 3. The molecule has 3 aliphatic carbocycles. The molecule has 0 aromatic heterocycles. The van der Waals surface area contributed by atoms with Gasteiger partial charge in [0, 0.05) is 12.6 Å². The van der Waals surface area contributed by atoms with E-state index < -0.39 is 11.9 Å². The van der Waals surface area contributed by atoms with Crippen LogP contribution in [-0.4, -0.2) is 24.5 Å². The standard InChI is InChI=1S/C11H19N3O/c12-7(11(13)15)4-14-10-8-5-1-2-6(3-5)9(8)10/h5-10,14H,1-4,12H2,(H2,13,15). The largest absolute Gasteiger partial charge is 0.368 e. The van der Waals surface area contributed by atoms with Gasteiger partial charge >= 0.3 is 0 Å². The fourth-order valence-electron chi connectivity index (χ4n) is 3.96. The van der Waals surface area contributed by atoms with Gasteiger partial charge in [0.2, 0.25) is 5.91 Å². The molecule has 2 bridgehead atoms. The summed E-state index contributed by atoms with van der Waals surface area (Å²) >= 11 is 0. The molecule has 0 aliphatic heterocycles. The molecule has 3 saturated carbocycles. The van der Waals surface area contributed by atoms with E-state index in [-0.39, 0.29) is 0 Å². The van der Waals surface area contributed by atoms with Crippen LogP contribution in [0.5, 0.6) is 0 Å². The molecule has 0 saturated heterocycles. The summed E-state index contributed by atoms with van der Waals surface area (Å²) in [7, 11) is 0. The van der Waals surface area contributed by atoms with Crippen molar-refractivity contribution in [1.29, 1.82) is 0 Å². The van der Waals surface area contributed by atoms with E-state index in [2.05, 4.69) is 5.32 Å². The highest BCUT2D eigenvalue weighted by Crippen LogP contribution is 2.65. The second-order valence-corrected chi connectivity index (χ2v) is 5.43. The number of nitrogens with two attached hydrogens (primary N) is 2. The highest BCUT2D eigenvalue weighted by molar-refractivity contribution is 5.79. The molecular formula is C11H19N3O. The van der Waals surface area contributed by atoms with Crippen molar-refractivity contribution in [3.05, 3.63) is 0 Å². The molecule has 0 spiro atoms. The van der Waals surface area contributed by atoms with Crippen molar-refractivity contribution in [2.24, 2.45) is 35.1 Å². The molecule has 5 N–H and O–H groups in total. The molecule has 15 heavy (non-hydrogen) atoms. The Balaban J connectivity index is 1.50. The molecule has 1 amide bonds. The summed E-state index contributed by atoms with van der Waals surface area (Å²) in [5, 5.41) is 3.41. The first-order valence-electron chi connectivity index (χ1n) is 5.96. The van der Waals surface area contributed by atoms with Crippen molar-refractivity contribution in [3.63, 3.8) is 0 Å². The molecule has 5 atom stereocenters. The van der Waals surface area contributed by atoms with E-state index in [1.165, 1.54) is 19.3 Å². The van der Waals surface area contributed by atoms with E-state index in [9.17, 15) is 4.79 Å². The summed E-state index contributed by atoms with van der Waals surface area (Å²) in [5.41, 5.74) is 10.7. The van der Waals surface area contributed by atoms with Gasteiger partial charge in [-0.1, -0.05) is 0 Å². The minimum atomic E-state index is -0.524. The first-order chi connectivity index (χ1) is 7.18. The highest BCUT2D eigenvalue weighted by Gasteiger charge is 2.64. The van der Waals surface area contributed by atoms with Gasteiger partial charge in [-0.2, -0.15) is 0 Å². The van der Waals surface area contributed by atoms with Crippen LogP contribution >= 0.6 is 0 Å². The number of carbonyl (C=O) groups excluding carboxylic acids is 1. The lowest BCUT2D eigenvalue weighted by Gasteiger charge is -2.12. The zero-order valence-electron chi connectivity index (χ0n) is 8.86. The Hall–Kier alpha value is -0.610. The molecule has 3 fully saturated rings. The number of fused-ring (bicyclic) bond motifs is 5. The molecule has 3 rings (SSSR count). The van der Waals surface area contributed by atoms with Gasteiger partial charge in [0.15, 0.2) is 0 Å². The first-order valence-corrected chi connectivity index (χ1v) is 5.96. The Morgan fingerprint density at radius 1 is 1.33 bits per heavy atom. The van der Waals surface area contributed by atoms with Gasteiger partial charge in [0.25, 0.3) is 0 Å². The second-order valence-electron chi connectivity index (χ2n) is 5.43. The molecule has 0 radical (unpaired) electrons. The first kappa shape index (κ1) is 9.60. The van der Waals surface area contributed by atoms with E-state index in [4.69, 9.17) is 11.5 Å². The van der Waals surface area contributed by atoms with Crippen molar-refractivity contribution < 1.29 is 4.79 Å². The van der Waals surface area contributed by atoms with Crippen LogP contribution in [-0.2, 0) is 4.79 Å². The monoisotopic (exact) mass is 209 g/mol. The average molecular weight is 209 g/mol. The summed E-state index contributed by atoms with van der Waals surface area (Å²) in [6.07, 6.45) is 4.30. The summed E-state index contributed by atoms with van der Waals surface area (Å²) < 4.78 is 0. The van der Waals surface area contributed by atoms with Gasteiger partial charge in [-0.15, -0.1) is 0 Å². The zero-order chi connectivity index (χ0) is 10.6. The third-order valence-corrected chi connectivity index (χ3v) is 4.67. The number of rotatable bonds is 4. The molecule has 4 nitrogen and oxygen atoms in total. The third kappa shape index (κ3) is 1.39. The minimum absolute atomic E-state index is 0.406. The Labute approximate surface area is 89.8 Å². The van der Waals surface area contributed by atoms with E-state index in [1.54, 1.807) is 0 Å². The van der Waals surface area contributed by atoms with Crippen LogP contribution in [0.25, 0.3) is 0 Å². The number of hydrogen-bond acceptors (Lipinski definition) is 3. The Morgan fingerprint density at radius 3 is 2.47 bits per heavy atom. The molecule has 0 aromatic carbocycles. The maximum Gasteiger partial charge on any atom is 0.235 e. The van der Waals surface area contributed by atoms with Gasteiger partial charge in [-0.3, -0.25) is 4.79 Å². The second kappa shape index (κ2) is 3.19. The molecule has 5 unspecified atom stereocenters. The van der Waals surface area contributed by atoms with Gasteiger partial charge in [-0.05, 0) is 42.9 Å². The highest BCUT2D eigenvalue weighted by atomic mass is 16.1. The summed E-state index contributed by atoms with van der Waals surface area (Å²) in [6, 6.07) is 0.116. The van der Waals surface area contributed by atoms with Crippen molar-refractivity contribution in [1.82, 2.24) is 5.32 Å². The molecule has 84 valence electrons. The minimum Gasteiger partial charge on any atom is -0.368 e. The maximum absolute atomic E-state index is 10.8. The van der Waals surface area contributed by atoms with Crippen molar-refractivity contribution >= 4 is 5.91 Å². The van der Waals surface area contributed by atoms with Crippen LogP contribution < -0.4 is 16.8 Å². The Bertz CT molecular complexity index is 278. The predicted molar refractivity (Wildman–Crippen MR) is 56.8 cm³/mol. The molecule has 0 aromatic rings. The fourth-order valence-corrected chi connectivity index (χ4v) is 3.96. The van der Waals surface area contributed by atoms with Crippen molar-refractivity contribution in [3.8, 4) is 0 Å². The van der Waals surface area contributed by atoms with Crippen LogP contribution in [0, 0.1) is 23.7 Å². The normalized spacial score (nSPS) is 47.7. The van der Waals surface area contributed by atoms with Crippen LogP contribution in [0.2, 0.25) is 0 Å². The smallest absolute Gasteiger partial charge is 0.235 e. The van der Waals surface area contributed by atoms with E-state index in [0.717, 1.165) is 23.7 Å². The van der Waals surface area contributed by atoms with Crippen LogP contribution in [0.3, 0.4) is 0 Å². The number of carbonyl (C=O) groups is 1. The average Bonchev–Trinajstić information content (AvgIpc) is 2.61. The van der Waals surface area contributed by atoms with Crippen molar-refractivity contribution in [2.75, 3.05) is 6.54 Å².